The topological polar surface area (TPSA) is 103 Å². The Kier molecular flexibility index (Phi) is 7.15. The molecule has 4 amide bonds. The van der Waals surface area contributed by atoms with Gasteiger partial charge in [-0.25, -0.2) is 4.79 Å². The van der Waals surface area contributed by atoms with Gasteiger partial charge in [-0.2, -0.15) is 0 Å². The van der Waals surface area contributed by atoms with Crippen molar-refractivity contribution in [2.75, 3.05) is 45.2 Å². The molecule has 2 fully saturated rings. The fraction of sp³-hybridized carbons (Fsp3) is 0.550. The van der Waals surface area contributed by atoms with Gasteiger partial charge in [-0.3, -0.25) is 20.4 Å². The van der Waals surface area contributed by atoms with E-state index in [1.54, 1.807) is 13.2 Å². The highest BCUT2D eigenvalue weighted by Crippen LogP contribution is 2.22. The number of rotatable bonds is 5. The zero-order valence-electron chi connectivity index (χ0n) is 16.8. The van der Waals surface area contributed by atoms with Crippen molar-refractivity contribution in [1.82, 2.24) is 20.7 Å². The molecule has 3 N–H and O–H groups in total. The number of likely N-dealkylation sites (tertiary alicyclic amines) is 2. The van der Waals surface area contributed by atoms with Gasteiger partial charge < -0.3 is 19.9 Å². The average Bonchev–Trinajstić information content (AvgIpc) is 3.30. The molecule has 9 heteroatoms. The van der Waals surface area contributed by atoms with E-state index < -0.39 is 0 Å². The fourth-order valence-corrected chi connectivity index (χ4v) is 3.69. The number of hydrogen-bond acceptors (Lipinski definition) is 5. The molecule has 0 saturated carbocycles. The Bertz CT molecular complexity index is 727. The summed E-state index contributed by atoms with van der Waals surface area (Å²) in [6.07, 6.45) is 3.33. The Morgan fingerprint density at radius 2 is 1.66 bits per heavy atom. The van der Waals surface area contributed by atoms with Gasteiger partial charge >= 0.3 is 6.03 Å². The van der Waals surface area contributed by atoms with Crippen LogP contribution in [0.2, 0.25) is 0 Å². The summed E-state index contributed by atoms with van der Waals surface area (Å²) in [7, 11) is 1.56. The predicted octanol–water partition coefficient (Wildman–Crippen LogP) is 1.18. The van der Waals surface area contributed by atoms with E-state index in [1.165, 1.54) is 0 Å². The van der Waals surface area contributed by atoms with Crippen molar-refractivity contribution in [2.24, 2.45) is 5.92 Å². The van der Waals surface area contributed by atoms with Gasteiger partial charge in [0.1, 0.15) is 5.75 Å². The fourth-order valence-electron chi connectivity index (χ4n) is 3.69. The summed E-state index contributed by atoms with van der Waals surface area (Å²) in [5, 5.41) is 2.98. The Labute approximate surface area is 170 Å². The number of hydrogen-bond donors (Lipinski definition) is 3. The molecule has 2 aliphatic rings. The molecule has 2 heterocycles. The molecule has 0 atom stereocenters. The first-order valence-electron chi connectivity index (χ1n) is 10.1. The molecule has 0 spiro atoms. The molecule has 0 bridgehead atoms. The Balaban J connectivity index is 1.36. The van der Waals surface area contributed by atoms with Gasteiger partial charge in [0.2, 0.25) is 5.91 Å². The maximum atomic E-state index is 12.4. The van der Waals surface area contributed by atoms with E-state index in [4.69, 9.17) is 4.74 Å². The Morgan fingerprint density at radius 1 is 1.00 bits per heavy atom. The molecule has 0 aliphatic carbocycles. The maximum absolute atomic E-state index is 12.4. The van der Waals surface area contributed by atoms with Crippen molar-refractivity contribution in [1.29, 1.82) is 0 Å². The van der Waals surface area contributed by atoms with E-state index in [2.05, 4.69) is 16.2 Å². The molecular weight excluding hydrogens is 374 g/mol. The lowest BCUT2D eigenvalue weighted by Crippen LogP contribution is -2.50. The largest absolute Gasteiger partial charge is 0.495 e. The third-order valence-corrected chi connectivity index (χ3v) is 5.38. The lowest BCUT2D eigenvalue weighted by molar-refractivity contribution is -0.131. The molecule has 158 valence electrons. The van der Waals surface area contributed by atoms with Gasteiger partial charge in [0.05, 0.1) is 19.3 Å². The van der Waals surface area contributed by atoms with Gasteiger partial charge in [-0.1, -0.05) is 12.1 Å². The minimum Gasteiger partial charge on any atom is -0.495 e. The van der Waals surface area contributed by atoms with Crippen LogP contribution < -0.4 is 20.9 Å². The van der Waals surface area contributed by atoms with Gasteiger partial charge in [0.25, 0.3) is 5.91 Å². The van der Waals surface area contributed by atoms with Crippen LogP contribution in [0.1, 0.15) is 25.7 Å². The van der Waals surface area contributed by atoms with E-state index in [0.29, 0.717) is 37.4 Å². The second-order valence-electron chi connectivity index (χ2n) is 7.33. The number of para-hydroxylation sites is 2. The lowest BCUT2D eigenvalue weighted by atomic mass is 9.96. The highest BCUT2D eigenvalue weighted by molar-refractivity contribution is 5.86. The highest BCUT2D eigenvalue weighted by Gasteiger charge is 2.30. The van der Waals surface area contributed by atoms with Crippen LogP contribution in [0.4, 0.5) is 10.5 Å². The quantitative estimate of drug-likeness (QED) is 0.641. The number of carbonyl (C=O) groups excluding carboxylic acids is 3. The maximum Gasteiger partial charge on any atom is 0.319 e. The first-order valence-corrected chi connectivity index (χ1v) is 10.1. The summed E-state index contributed by atoms with van der Waals surface area (Å²) in [6.45, 7) is 2.79. The normalized spacial score (nSPS) is 17.0. The number of piperidine rings is 1. The Hall–Kier alpha value is -2.97. The minimum atomic E-state index is -0.356. The summed E-state index contributed by atoms with van der Waals surface area (Å²) in [6, 6.07) is 7.36. The molecule has 9 nitrogen and oxygen atoms in total. The zero-order chi connectivity index (χ0) is 20.6. The molecule has 0 aromatic heterocycles. The third-order valence-electron chi connectivity index (χ3n) is 5.38. The van der Waals surface area contributed by atoms with Crippen molar-refractivity contribution in [3.63, 3.8) is 0 Å². The van der Waals surface area contributed by atoms with Gasteiger partial charge in [-0.05, 0) is 37.8 Å². The van der Waals surface area contributed by atoms with Crippen LogP contribution in [-0.2, 0) is 9.59 Å². The van der Waals surface area contributed by atoms with Crippen molar-refractivity contribution in [3.8, 4) is 5.75 Å². The van der Waals surface area contributed by atoms with E-state index in [9.17, 15) is 14.4 Å². The molecule has 0 radical (unpaired) electrons. The van der Waals surface area contributed by atoms with Crippen molar-refractivity contribution >= 4 is 23.5 Å². The number of nitrogens with one attached hydrogen (secondary N) is 3. The molecule has 3 rings (SSSR count). The molecule has 2 aliphatic heterocycles. The summed E-state index contributed by atoms with van der Waals surface area (Å²) in [5.74, 6) is -0.144. The smallest absolute Gasteiger partial charge is 0.319 e. The second-order valence-corrected chi connectivity index (χ2v) is 7.33. The number of ether oxygens (including phenoxy) is 1. The first kappa shape index (κ1) is 20.8. The molecule has 29 heavy (non-hydrogen) atoms. The molecule has 1 aromatic rings. The monoisotopic (exact) mass is 403 g/mol. The molecule has 0 unspecified atom stereocenters. The SMILES string of the molecule is COc1ccccc1NCC(=O)NNC(=O)C1CCN(C(=O)N2CCCC2)CC1. The number of amides is 4. The predicted molar refractivity (Wildman–Crippen MR) is 108 cm³/mol. The molecule has 1 aromatic carbocycles. The summed E-state index contributed by atoms with van der Waals surface area (Å²) < 4.78 is 5.22. The Morgan fingerprint density at radius 3 is 2.34 bits per heavy atom. The average molecular weight is 403 g/mol. The number of carbonyl (C=O) groups is 3. The van der Waals surface area contributed by atoms with Crippen molar-refractivity contribution < 1.29 is 19.1 Å². The van der Waals surface area contributed by atoms with E-state index >= 15 is 0 Å². The van der Waals surface area contributed by atoms with Crippen LogP contribution in [0.3, 0.4) is 0 Å². The number of methoxy groups -OCH3 is 1. The van der Waals surface area contributed by atoms with Crippen LogP contribution in [0.5, 0.6) is 5.75 Å². The number of benzene rings is 1. The number of urea groups is 1. The van der Waals surface area contributed by atoms with Gasteiger partial charge in [0, 0.05) is 32.1 Å². The summed E-state index contributed by atoms with van der Waals surface area (Å²) in [4.78, 5) is 40.4. The van der Waals surface area contributed by atoms with Gasteiger partial charge in [0.15, 0.2) is 0 Å². The summed E-state index contributed by atoms with van der Waals surface area (Å²) >= 11 is 0. The van der Waals surface area contributed by atoms with Crippen LogP contribution in [0.15, 0.2) is 24.3 Å². The third kappa shape index (κ3) is 5.52. The molecular formula is C20H29N5O4. The zero-order valence-corrected chi connectivity index (χ0v) is 16.8. The standard InChI is InChI=1S/C20H29N5O4/c1-29-17-7-3-2-6-16(17)21-14-18(26)22-23-19(27)15-8-12-25(13-9-15)20(28)24-10-4-5-11-24/h2-3,6-7,15,21H,4-5,8-14H2,1H3,(H,22,26)(H,23,27). The van der Waals surface area contributed by atoms with E-state index in [0.717, 1.165) is 25.9 Å². The minimum absolute atomic E-state index is 0.00341. The van der Waals surface area contributed by atoms with Gasteiger partial charge in [-0.15, -0.1) is 0 Å². The van der Waals surface area contributed by atoms with Crippen LogP contribution in [-0.4, -0.2) is 67.5 Å². The van der Waals surface area contributed by atoms with Crippen LogP contribution in [0.25, 0.3) is 0 Å². The second kappa shape index (κ2) is 9.99. The first-order chi connectivity index (χ1) is 14.1. The lowest BCUT2D eigenvalue weighted by Gasteiger charge is -2.34. The number of anilines is 1. The molecule has 2 saturated heterocycles. The number of nitrogens with zero attached hydrogens (tertiary/aromatic N) is 2. The van der Waals surface area contributed by atoms with Crippen LogP contribution in [0, 0.1) is 5.92 Å². The van der Waals surface area contributed by atoms with Crippen molar-refractivity contribution in [3.05, 3.63) is 24.3 Å². The number of hydrazine groups is 1. The summed E-state index contributed by atoms with van der Waals surface area (Å²) in [5.41, 5.74) is 5.63. The van der Waals surface area contributed by atoms with E-state index in [1.807, 2.05) is 28.0 Å². The van der Waals surface area contributed by atoms with E-state index in [-0.39, 0.29) is 30.3 Å². The highest BCUT2D eigenvalue weighted by atomic mass is 16.5. The van der Waals surface area contributed by atoms with Crippen LogP contribution >= 0.6 is 0 Å². The van der Waals surface area contributed by atoms with Crippen molar-refractivity contribution in [2.45, 2.75) is 25.7 Å².